The Bertz CT molecular complexity index is 562. The van der Waals surface area contributed by atoms with Gasteiger partial charge in [-0.25, -0.2) is 4.39 Å². The highest BCUT2D eigenvalue weighted by Crippen LogP contribution is 2.29. The summed E-state index contributed by atoms with van der Waals surface area (Å²) in [6.07, 6.45) is 1.19. The smallest absolute Gasteiger partial charge is 0.224 e. The van der Waals surface area contributed by atoms with Crippen LogP contribution in [0.5, 0.6) is 0 Å². The number of carbonyl (C=O) groups is 2. The molecule has 2 amide bonds. The minimum Gasteiger partial charge on any atom is -0.326 e. The first kappa shape index (κ1) is 14.5. The molecule has 20 heavy (non-hydrogen) atoms. The van der Waals surface area contributed by atoms with E-state index in [9.17, 15) is 14.0 Å². The lowest BCUT2D eigenvalue weighted by atomic mass is 9.92. The van der Waals surface area contributed by atoms with Crippen molar-refractivity contribution in [2.24, 2.45) is 5.41 Å². The van der Waals surface area contributed by atoms with Crippen LogP contribution in [0.3, 0.4) is 0 Å². The van der Waals surface area contributed by atoms with Crippen LogP contribution in [0.1, 0.15) is 39.2 Å². The number of anilines is 2. The van der Waals surface area contributed by atoms with Crippen molar-refractivity contribution in [1.29, 1.82) is 0 Å². The van der Waals surface area contributed by atoms with E-state index >= 15 is 0 Å². The quantitative estimate of drug-likeness (QED) is 0.873. The van der Waals surface area contributed by atoms with Gasteiger partial charge in [-0.05, 0) is 29.5 Å². The number of benzene rings is 1. The molecule has 1 aromatic rings. The maximum Gasteiger partial charge on any atom is 0.224 e. The van der Waals surface area contributed by atoms with Crippen molar-refractivity contribution in [3.05, 3.63) is 23.5 Å². The number of rotatable bonds is 2. The molecule has 1 aromatic carbocycles. The van der Waals surface area contributed by atoms with Crippen LogP contribution in [0.4, 0.5) is 15.8 Å². The monoisotopic (exact) mass is 278 g/mol. The molecule has 0 saturated carbocycles. The fourth-order valence-electron chi connectivity index (χ4n) is 2.17. The first-order chi connectivity index (χ1) is 9.24. The summed E-state index contributed by atoms with van der Waals surface area (Å²) >= 11 is 0. The Morgan fingerprint density at radius 2 is 2.05 bits per heavy atom. The third-order valence-corrected chi connectivity index (χ3v) is 3.05. The number of fused-ring (bicyclic) bond motifs is 1. The molecule has 0 atom stereocenters. The average molecular weight is 278 g/mol. The number of carbonyl (C=O) groups excluding carboxylic acids is 2. The highest BCUT2D eigenvalue weighted by molar-refractivity contribution is 5.96. The molecule has 2 rings (SSSR count). The SMILES string of the molecule is CC(C)(C)CC(=O)Nc1cc2c(cc1F)CCC(=O)N2. The van der Waals surface area contributed by atoms with Crippen LogP contribution in [0.25, 0.3) is 0 Å². The summed E-state index contributed by atoms with van der Waals surface area (Å²) in [6.45, 7) is 5.82. The normalized spacial score (nSPS) is 14.5. The molecule has 108 valence electrons. The largest absolute Gasteiger partial charge is 0.326 e. The molecule has 0 unspecified atom stereocenters. The molecule has 0 fully saturated rings. The van der Waals surface area contributed by atoms with Crippen molar-refractivity contribution in [1.82, 2.24) is 0 Å². The summed E-state index contributed by atoms with van der Waals surface area (Å²) in [4.78, 5) is 23.2. The van der Waals surface area contributed by atoms with Gasteiger partial charge in [0.1, 0.15) is 5.82 Å². The predicted molar refractivity (Wildman–Crippen MR) is 76.1 cm³/mol. The summed E-state index contributed by atoms with van der Waals surface area (Å²) in [6, 6.07) is 2.86. The van der Waals surface area contributed by atoms with Crippen LogP contribution in [0.2, 0.25) is 0 Å². The van der Waals surface area contributed by atoms with Crippen molar-refractivity contribution in [3.8, 4) is 0 Å². The average Bonchev–Trinajstić information content (AvgIpc) is 2.28. The molecule has 1 aliphatic heterocycles. The van der Waals surface area contributed by atoms with E-state index in [2.05, 4.69) is 10.6 Å². The Labute approximate surface area is 117 Å². The summed E-state index contributed by atoms with van der Waals surface area (Å²) in [7, 11) is 0. The van der Waals surface area contributed by atoms with Crippen molar-refractivity contribution >= 4 is 23.2 Å². The minimum atomic E-state index is -0.470. The van der Waals surface area contributed by atoms with E-state index in [1.54, 1.807) is 0 Å². The van der Waals surface area contributed by atoms with E-state index in [1.165, 1.54) is 12.1 Å². The van der Waals surface area contributed by atoms with Crippen LogP contribution in [-0.2, 0) is 16.0 Å². The van der Waals surface area contributed by atoms with Gasteiger partial charge in [-0.3, -0.25) is 9.59 Å². The Balaban J connectivity index is 2.18. The molecule has 2 N–H and O–H groups in total. The van der Waals surface area contributed by atoms with Crippen molar-refractivity contribution in [3.63, 3.8) is 0 Å². The number of hydrogen-bond acceptors (Lipinski definition) is 2. The van der Waals surface area contributed by atoms with Crippen molar-refractivity contribution in [2.45, 2.75) is 40.0 Å². The van der Waals surface area contributed by atoms with Crippen LogP contribution in [0, 0.1) is 11.2 Å². The number of hydrogen-bond donors (Lipinski definition) is 2. The molecule has 0 spiro atoms. The predicted octanol–water partition coefficient (Wildman–Crippen LogP) is 3.09. The second-order valence-electron chi connectivity index (χ2n) is 6.32. The molecule has 5 heteroatoms. The Kier molecular flexibility index (Phi) is 3.79. The topological polar surface area (TPSA) is 58.2 Å². The molecule has 1 aliphatic rings. The first-order valence-corrected chi connectivity index (χ1v) is 6.67. The zero-order chi connectivity index (χ0) is 14.9. The lowest BCUT2D eigenvalue weighted by Gasteiger charge is -2.20. The number of nitrogens with one attached hydrogen (secondary N) is 2. The molecule has 4 nitrogen and oxygen atoms in total. The van der Waals surface area contributed by atoms with E-state index in [0.29, 0.717) is 24.9 Å². The van der Waals surface area contributed by atoms with Crippen LogP contribution >= 0.6 is 0 Å². The van der Waals surface area contributed by atoms with Gasteiger partial charge in [0.2, 0.25) is 11.8 Å². The second kappa shape index (κ2) is 5.23. The molecule has 1 heterocycles. The molecule has 0 bridgehead atoms. The molecule has 0 aliphatic carbocycles. The lowest BCUT2D eigenvalue weighted by molar-refractivity contribution is -0.118. The maximum atomic E-state index is 13.9. The van der Waals surface area contributed by atoms with Crippen molar-refractivity contribution < 1.29 is 14.0 Å². The van der Waals surface area contributed by atoms with Gasteiger partial charge >= 0.3 is 0 Å². The first-order valence-electron chi connectivity index (χ1n) is 6.67. The standard InChI is InChI=1S/C15H19FN2O2/c1-15(2,3)8-14(20)18-12-7-11-9(6-10(12)16)4-5-13(19)17-11/h6-7H,4-5,8H2,1-3H3,(H,17,19)(H,18,20). The summed E-state index contributed by atoms with van der Waals surface area (Å²) in [5.41, 5.74) is 1.29. The molecule has 0 aromatic heterocycles. The number of amides is 2. The zero-order valence-electron chi connectivity index (χ0n) is 12.0. The lowest BCUT2D eigenvalue weighted by Crippen LogP contribution is -2.22. The van der Waals surface area contributed by atoms with Gasteiger partial charge in [-0.1, -0.05) is 20.8 Å². The van der Waals surface area contributed by atoms with Crippen LogP contribution < -0.4 is 10.6 Å². The number of halogens is 1. The maximum absolute atomic E-state index is 13.9. The fraction of sp³-hybridized carbons (Fsp3) is 0.467. The third kappa shape index (κ3) is 3.56. The van der Waals surface area contributed by atoms with E-state index in [0.717, 1.165) is 5.56 Å². The van der Waals surface area contributed by atoms with Gasteiger partial charge in [0.05, 0.1) is 5.69 Å². The van der Waals surface area contributed by atoms with E-state index in [-0.39, 0.29) is 22.9 Å². The zero-order valence-corrected chi connectivity index (χ0v) is 12.0. The van der Waals surface area contributed by atoms with Crippen LogP contribution in [0.15, 0.2) is 12.1 Å². The fourth-order valence-corrected chi connectivity index (χ4v) is 2.17. The van der Waals surface area contributed by atoms with Gasteiger partial charge in [0.25, 0.3) is 0 Å². The Morgan fingerprint density at radius 3 is 2.70 bits per heavy atom. The van der Waals surface area contributed by atoms with Crippen LogP contribution in [-0.4, -0.2) is 11.8 Å². The van der Waals surface area contributed by atoms with E-state index in [4.69, 9.17) is 0 Å². The Hall–Kier alpha value is -1.91. The molecule has 0 radical (unpaired) electrons. The van der Waals surface area contributed by atoms with E-state index < -0.39 is 5.82 Å². The molecule has 0 saturated heterocycles. The Morgan fingerprint density at radius 1 is 1.35 bits per heavy atom. The molecular weight excluding hydrogens is 259 g/mol. The minimum absolute atomic E-state index is 0.0870. The highest BCUT2D eigenvalue weighted by atomic mass is 19.1. The van der Waals surface area contributed by atoms with Gasteiger partial charge < -0.3 is 10.6 Å². The van der Waals surface area contributed by atoms with Crippen molar-refractivity contribution in [2.75, 3.05) is 10.6 Å². The van der Waals surface area contributed by atoms with Gasteiger partial charge in [0, 0.05) is 18.5 Å². The summed E-state index contributed by atoms with van der Waals surface area (Å²) in [5, 5.41) is 5.26. The molecular formula is C15H19FN2O2. The van der Waals surface area contributed by atoms with Gasteiger partial charge in [0.15, 0.2) is 0 Å². The summed E-state index contributed by atoms with van der Waals surface area (Å²) in [5.74, 6) is -0.795. The number of aryl methyl sites for hydroxylation is 1. The van der Waals surface area contributed by atoms with Gasteiger partial charge in [-0.15, -0.1) is 0 Å². The highest BCUT2D eigenvalue weighted by Gasteiger charge is 2.20. The van der Waals surface area contributed by atoms with Gasteiger partial charge in [-0.2, -0.15) is 0 Å². The third-order valence-electron chi connectivity index (χ3n) is 3.05. The van der Waals surface area contributed by atoms with E-state index in [1.807, 2.05) is 20.8 Å². The summed E-state index contributed by atoms with van der Waals surface area (Å²) < 4.78 is 13.9. The second-order valence-corrected chi connectivity index (χ2v) is 6.32.